The maximum absolute atomic E-state index is 13.7. The van der Waals surface area contributed by atoms with Crippen molar-refractivity contribution in [3.05, 3.63) is 41.0 Å². The van der Waals surface area contributed by atoms with E-state index >= 15 is 0 Å². The number of carbonyl (C=O) groups is 2. The van der Waals surface area contributed by atoms with Gasteiger partial charge in [-0.1, -0.05) is 13.8 Å². The first-order valence-electron chi connectivity index (χ1n) is 11.5. The van der Waals surface area contributed by atoms with E-state index in [0.717, 1.165) is 41.1 Å². The quantitative estimate of drug-likeness (QED) is 0.235. The van der Waals surface area contributed by atoms with Crippen molar-refractivity contribution in [1.29, 1.82) is 0 Å². The average molecular weight is 538 g/mol. The first-order chi connectivity index (χ1) is 17.4. The van der Waals surface area contributed by atoms with Crippen LogP contribution in [0.15, 0.2) is 23.2 Å². The fourth-order valence-corrected chi connectivity index (χ4v) is 5.05. The van der Waals surface area contributed by atoms with Gasteiger partial charge < -0.3 is 18.4 Å². The van der Waals surface area contributed by atoms with Crippen LogP contribution < -0.4 is 4.90 Å². The number of ketones is 1. The molecule has 2 aromatic heterocycles. The summed E-state index contributed by atoms with van der Waals surface area (Å²) in [6.45, 7) is 7.08. The van der Waals surface area contributed by atoms with E-state index in [9.17, 15) is 22.8 Å². The van der Waals surface area contributed by atoms with Crippen molar-refractivity contribution in [2.75, 3.05) is 18.6 Å². The highest BCUT2D eigenvalue weighted by molar-refractivity contribution is 7.94. The van der Waals surface area contributed by atoms with Crippen molar-refractivity contribution < 1.29 is 31.7 Å². The van der Waals surface area contributed by atoms with Crippen LogP contribution in [0.4, 0.5) is 19.1 Å². The third-order valence-corrected chi connectivity index (χ3v) is 6.77. The number of Topliss-reactive ketones (excluding diaryl/α,β-unsaturated/α-hetero) is 1. The van der Waals surface area contributed by atoms with Crippen LogP contribution in [0.3, 0.4) is 0 Å². The molecule has 1 unspecified atom stereocenters. The predicted octanol–water partition coefficient (Wildman–Crippen LogP) is 4.98. The second kappa shape index (κ2) is 10.3. The van der Waals surface area contributed by atoms with Gasteiger partial charge >= 0.3 is 12.1 Å². The summed E-state index contributed by atoms with van der Waals surface area (Å²) in [4.78, 5) is 38.4. The lowest BCUT2D eigenvalue weighted by Crippen LogP contribution is -2.42. The van der Waals surface area contributed by atoms with Crippen LogP contribution in [-0.4, -0.2) is 44.9 Å². The second-order valence-electron chi connectivity index (χ2n) is 8.97. The molecular formula is C24H26F3N5O4S. The highest BCUT2D eigenvalue weighted by Crippen LogP contribution is 2.39. The Morgan fingerprint density at radius 1 is 1.19 bits per heavy atom. The molecule has 3 aromatic rings. The highest BCUT2D eigenvalue weighted by atomic mass is 32.2. The van der Waals surface area contributed by atoms with Crippen molar-refractivity contribution >= 4 is 40.8 Å². The van der Waals surface area contributed by atoms with Crippen LogP contribution >= 0.6 is 12.0 Å². The molecule has 1 aliphatic heterocycles. The zero-order chi connectivity index (χ0) is 27.1. The van der Waals surface area contributed by atoms with Crippen LogP contribution in [0, 0.1) is 5.92 Å². The number of rotatable bonds is 7. The third-order valence-electron chi connectivity index (χ3n) is 6.04. The summed E-state index contributed by atoms with van der Waals surface area (Å²) in [6, 6.07) is 3.30. The fraction of sp³-hybridized carbons (Fsp3) is 0.458. The minimum atomic E-state index is -4.80. The molecule has 0 N–H and O–H groups in total. The molecule has 0 bridgehead atoms. The van der Waals surface area contributed by atoms with E-state index in [1.807, 2.05) is 30.5 Å². The number of hydrogen-bond donors (Lipinski definition) is 0. The maximum atomic E-state index is 13.7. The van der Waals surface area contributed by atoms with E-state index in [4.69, 9.17) is 13.9 Å². The zero-order valence-electron chi connectivity index (χ0n) is 20.9. The van der Waals surface area contributed by atoms with Crippen LogP contribution in [0.2, 0.25) is 0 Å². The van der Waals surface area contributed by atoms with Gasteiger partial charge in [-0.3, -0.25) is 9.59 Å². The molecule has 0 saturated carbocycles. The van der Waals surface area contributed by atoms with Gasteiger partial charge in [-0.25, -0.2) is 15.0 Å². The van der Waals surface area contributed by atoms with Gasteiger partial charge in [0.15, 0.2) is 11.5 Å². The first-order valence-corrected chi connectivity index (χ1v) is 12.2. The number of alkyl halides is 3. The summed E-state index contributed by atoms with van der Waals surface area (Å²) < 4.78 is 53.6. The third kappa shape index (κ3) is 5.28. The van der Waals surface area contributed by atoms with Crippen molar-refractivity contribution in [2.24, 2.45) is 5.92 Å². The second-order valence-corrected chi connectivity index (χ2v) is 9.91. The molecule has 0 radical (unpaired) electrons. The number of esters is 1. The molecule has 37 heavy (non-hydrogen) atoms. The lowest BCUT2D eigenvalue weighted by molar-refractivity contribution is -0.142. The summed E-state index contributed by atoms with van der Waals surface area (Å²) in [5.74, 6) is -0.687. The minimum absolute atomic E-state index is 0.0510. The minimum Gasteiger partial charge on any atom is -0.461 e. The molecule has 0 amide bonds. The number of carbonyl (C=O) groups excluding carboxylic acids is 2. The number of aromatic nitrogens is 4. The monoisotopic (exact) mass is 537 g/mol. The summed E-state index contributed by atoms with van der Waals surface area (Å²) in [6.07, 6.45) is -3.86. The van der Waals surface area contributed by atoms with E-state index in [1.54, 1.807) is 4.90 Å². The van der Waals surface area contributed by atoms with Gasteiger partial charge in [0.2, 0.25) is 5.95 Å². The molecule has 9 nitrogen and oxygen atoms in total. The number of anilines is 1. The Labute approximate surface area is 215 Å². The molecule has 0 saturated heterocycles. The first kappa shape index (κ1) is 26.9. The van der Waals surface area contributed by atoms with Gasteiger partial charge in [0.05, 0.1) is 29.7 Å². The Balaban J connectivity index is 1.81. The van der Waals surface area contributed by atoms with Crippen molar-refractivity contribution in [2.45, 2.75) is 58.0 Å². The van der Waals surface area contributed by atoms with Crippen molar-refractivity contribution in [3.63, 3.8) is 0 Å². The van der Waals surface area contributed by atoms with Crippen LogP contribution in [0.5, 0.6) is 0 Å². The van der Waals surface area contributed by atoms with E-state index in [-0.39, 0.29) is 18.5 Å². The molecule has 0 spiro atoms. The summed E-state index contributed by atoms with van der Waals surface area (Å²) >= 11 is 1.14. The van der Waals surface area contributed by atoms with E-state index in [0.29, 0.717) is 24.4 Å². The van der Waals surface area contributed by atoms with E-state index in [1.165, 1.54) is 14.0 Å². The normalized spacial score (nSPS) is 15.8. The molecule has 0 aliphatic carbocycles. The van der Waals surface area contributed by atoms with Gasteiger partial charge in [-0.05, 0) is 25.0 Å². The SMILES string of the molecule is COSc1cc2c(cc1COC(C)=O)nc1n2CCN(c2ncc(C(C)=O)c(C(F)(F)F)n2)C1C(C)C. The van der Waals surface area contributed by atoms with Crippen LogP contribution in [0.25, 0.3) is 11.0 Å². The molecule has 1 aromatic carbocycles. The number of fused-ring (bicyclic) bond motifs is 3. The van der Waals surface area contributed by atoms with Crippen LogP contribution in [0.1, 0.15) is 61.2 Å². The maximum Gasteiger partial charge on any atom is 0.434 e. The molecular weight excluding hydrogens is 511 g/mol. The zero-order valence-corrected chi connectivity index (χ0v) is 21.7. The standard InChI is InChI=1S/C24H26F3N5O4S/c1-12(2)20-22-29-17-8-15(11-36-14(4)34)19(37-35-5)9-18(17)31(22)6-7-32(20)23-28-10-16(13(3)33)21(30-23)24(25,26)27/h8-10,12,20H,6-7,11H2,1-5H3. The largest absolute Gasteiger partial charge is 0.461 e. The van der Waals surface area contributed by atoms with E-state index in [2.05, 4.69) is 9.97 Å². The van der Waals surface area contributed by atoms with Crippen molar-refractivity contribution in [1.82, 2.24) is 19.5 Å². The molecule has 13 heteroatoms. The molecule has 4 rings (SSSR count). The highest BCUT2D eigenvalue weighted by Gasteiger charge is 2.40. The van der Waals surface area contributed by atoms with Gasteiger partial charge in [0.25, 0.3) is 0 Å². The van der Waals surface area contributed by atoms with Gasteiger partial charge in [-0.2, -0.15) is 13.2 Å². The van der Waals surface area contributed by atoms with Crippen molar-refractivity contribution in [3.8, 4) is 0 Å². The number of benzene rings is 1. The molecule has 1 atom stereocenters. The fourth-order valence-electron chi connectivity index (χ4n) is 4.49. The van der Waals surface area contributed by atoms with Gasteiger partial charge in [-0.15, -0.1) is 0 Å². The number of imidazole rings is 1. The Morgan fingerprint density at radius 3 is 2.51 bits per heavy atom. The van der Waals surface area contributed by atoms with Crippen LogP contribution in [-0.2, 0) is 33.0 Å². The number of halogens is 3. The molecule has 1 aliphatic rings. The molecule has 0 fully saturated rings. The Morgan fingerprint density at radius 2 is 1.92 bits per heavy atom. The lowest BCUT2D eigenvalue weighted by Gasteiger charge is -2.38. The predicted molar refractivity (Wildman–Crippen MR) is 130 cm³/mol. The topological polar surface area (TPSA) is 99.4 Å². The summed E-state index contributed by atoms with van der Waals surface area (Å²) in [7, 11) is 1.54. The number of nitrogens with zero attached hydrogens (tertiary/aromatic N) is 5. The van der Waals surface area contributed by atoms with Gasteiger partial charge in [0, 0.05) is 48.7 Å². The number of ether oxygens (including phenoxy) is 1. The number of hydrogen-bond acceptors (Lipinski definition) is 9. The lowest BCUT2D eigenvalue weighted by atomic mass is 10.00. The summed E-state index contributed by atoms with van der Waals surface area (Å²) in [5, 5.41) is 0. The van der Waals surface area contributed by atoms with E-state index < -0.39 is 35.2 Å². The Kier molecular flexibility index (Phi) is 7.47. The Hall–Kier alpha value is -3.19. The van der Waals surface area contributed by atoms with Gasteiger partial charge in [0.1, 0.15) is 12.4 Å². The smallest absolute Gasteiger partial charge is 0.434 e. The summed E-state index contributed by atoms with van der Waals surface area (Å²) in [5.41, 5.74) is 0.401. The molecule has 3 heterocycles. The molecule has 198 valence electrons. The Bertz CT molecular complexity index is 1360. The average Bonchev–Trinajstić information content (AvgIpc) is 3.18.